The molecule has 2 aromatic carbocycles. The molecule has 0 unspecified atom stereocenters. The summed E-state index contributed by atoms with van der Waals surface area (Å²) in [6, 6.07) is 11.6. The molecule has 0 bridgehead atoms. The van der Waals surface area contributed by atoms with Gasteiger partial charge >= 0.3 is 0 Å². The molecule has 0 amide bonds. The summed E-state index contributed by atoms with van der Waals surface area (Å²) in [7, 11) is 1.64. The summed E-state index contributed by atoms with van der Waals surface area (Å²) < 4.78 is 5.16. The van der Waals surface area contributed by atoms with Gasteiger partial charge < -0.3 is 4.74 Å². The predicted octanol–water partition coefficient (Wildman–Crippen LogP) is 3.44. The minimum atomic E-state index is 0.171. The quantitative estimate of drug-likeness (QED) is 0.731. The number of carbonyl (C=O) groups excluding carboxylic acids is 1. The SMILES string of the molecule is CCC(=O)c1ccc2ccc(OC)cc2c1. The van der Waals surface area contributed by atoms with Crippen molar-refractivity contribution in [2.45, 2.75) is 13.3 Å². The van der Waals surface area contributed by atoms with Crippen LogP contribution in [0, 0.1) is 0 Å². The predicted molar refractivity (Wildman–Crippen MR) is 65.1 cm³/mol. The highest BCUT2D eigenvalue weighted by Gasteiger charge is 2.04. The third-order valence-corrected chi connectivity index (χ3v) is 2.69. The summed E-state index contributed by atoms with van der Waals surface area (Å²) in [6.07, 6.45) is 0.537. The fraction of sp³-hybridized carbons (Fsp3) is 0.214. The first-order chi connectivity index (χ1) is 7.74. The van der Waals surface area contributed by atoms with Crippen LogP contribution in [-0.4, -0.2) is 12.9 Å². The van der Waals surface area contributed by atoms with E-state index >= 15 is 0 Å². The number of carbonyl (C=O) groups is 1. The van der Waals surface area contributed by atoms with Gasteiger partial charge in [-0.2, -0.15) is 0 Å². The van der Waals surface area contributed by atoms with Crippen LogP contribution in [0.5, 0.6) is 5.75 Å². The Morgan fingerprint density at radius 2 is 1.88 bits per heavy atom. The fourth-order valence-corrected chi connectivity index (χ4v) is 1.73. The van der Waals surface area contributed by atoms with Gasteiger partial charge in [0.05, 0.1) is 7.11 Å². The molecular formula is C14H14O2. The number of hydrogen-bond acceptors (Lipinski definition) is 2. The summed E-state index contributed by atoms with van der Waals surface area (Å²) >= 11 is 0. The molecule has 2 rings (SSSR count). The molecule has 2 heteroatoms. The standard InChI is InChI=1S/C14H14O2/c1-3-14(15)11-5-4-10-6-7-13(16-2)9-12(10)8-11/h4-9H,3H2,1-2H3. The van der Waals surface area contributed by atoms with Gasteiger partial charge in [0, 0.05) is 12.0 Å². The summed E-state index contributed by atoms with van der Waals surface area (Å²) in [6.45, 7) is 1.87. The third kappa shape index (κ3) is 1.91. The Bertz CT molecular complexity index is 529. The number of benzene rings is 2. The molecule has 0 aliphatic carbocycles. The Hall–Kier alpha value is -1.83. The minimum Gasteiger partial charge on any atom is -0.497 e. The monoisotopic (exact) mass is 214 g/mol. The lowest BCUT2D eigenvalue weighted by atomic mass is 10.0. The maximum absolute atomic E-state index is 11.6. The summed E-state index contributed by atoms with van der Waals surface area (Å²) in [4.78, 5) is 11.6. The summed E-state index contributed by atoms with van der Waals surface area (Å²) in [5, 5.41) is 2.16. The smallest absolute Gasteiger partial charge is 0.162 e. The van der Waals surface area contributed by atoms with E-state index in [-0.39, 0.29) is 5.78 Å². The summed E-state index contributed by atoms with van der Waals surface area (Å²) in [5.41, 5.74) is 0.767. The largest absolute Gasteiger partial charge is 0.497 e. The molecule has 0 aliphatic rings. The third-order valence-electron chi connectivity index (χ3n) is 2.69. The van der Waals surface area contributed by atoms with Crippen LogP contribution >= 0.6 is 0 Å². The summed E-state index contributed by atoms with van der Waals surface area (Å²) in [5.74, 6) is 0.985. The average Bonchev–Trinajstić information content (AvgIpc) is 2.36. The molecule has 0 fully saturated rings. The van der Waals surface area contributed by atoms with E-state index in [0.29, 0.717) is 6.42 Å². The van der Waals surface area contributed by atoms with Gasteiger partial charge in [0.25, 0.3) is 0 Å². The Balaban J connectivity index is 2.54. The van der Waals surface area contributed by atoms with Crippen LogP contribution in [0.15, 0.2) is 36.4 Å². The van der Waals surface area contributed by atoms with Crippen LogP contribution in [0.3, 0.4) is 0 Å². The molecule has 0 heterocycles. The lowest BCUT2D eigenvalue weighted by Crippen LogP contribution is -1.95. The van der Waals surface area contributed by atoms with Crippen molar-refractivity contribution in [3.05, 3.63) is 42.0 Å². The molecule has 0 radical (unpaired) electrons. The van der Waals surface area contributed by atoms with E-state index in [1.807, 2.05) is 43.3 Å². The van der Waals surface area contributed by atoms with Crippen LogP contribution in [0.1, 0.15) is 23.7 Å². The molecular weight excluding hydrogens is 200 g/mol. The number of methoxy groups -OCH3 is 1. The van der Waals surface area contributed by atoms with Gasteiger partial charge in [-0.15, -0.1) is 0 Å². The van der Waals surface area contributed by atoms with E-state index in [1.165, 1.54) is 0 Å². The highest BCUT2D eigenvalue weighted by atomic mass is 16.5. The van der Waals surface area contributed by atoms with Crippen molar-refractivity contribution in [3.63, 3.8) is 0 Å². The zero-order chi connectivity index (χ0) is 11.5. The number of ketones is 1. The van der Waals surface area contributed by atoms with Crippen LogP contribution in [-0.2, 0) is 0 Å². The van der Waals surface area contributed by atoms with Crippen molar-refractivity contribution >= 4 is 16.6 Å². The lowest BCUT2D eigenvalue weighted by Gasteiger charge is -2.04. The molecule has 2 aromatic rings. The Kier molecular flexibility index (Phi) is 2.91. The lowest BCUT2D eigenvalue weighted by molar-refractivity contribution is 0.0988. The van der Waals surface area contributed by atoms with Gasteiger partial charge in [-0.3, -0.25) is 4.79 Å². The number of rotatable bonds is 3. The molecule has 0 N–H and O–H groups in total. The Morgan fingerprint density at radius 3 is 2.56 bits per heavy atom. The molecule has 82 valence electrons. The van der Waals surface area contributed by atoms with Crippen molar-refractivity contribution in [1.29, 1.82) is 0 Å². The van der Waals surface area contributed by atoms with E-state index in [2.05, 4.69) is 0 Å². The van der Waals surface area contributed by atoms with Crippen molar-refractivity contribution in [3.8, 4) is 5.75 Å². The van der Waals surface area contributed by atoms with Gasteiger partial charge in [0.1, 0.15) is 5.75 Å². The highest BCUT2D eigenvalue weighted by Crippen LogP contribution is 2.22. The maximum atomic E-state index is 11.6. The Labute approximate surface area is 94.8 Å². The first kappa shape index (κ1) is 10.7. The highest BCUT2D eigenvalue weighted by molar-refractivity contribution is 5.99. The normalized spacial score (nSPS) is 10.4. The zero-order valence-corrected chi connectivity index (χ0v) is 9.49. The van der Waals surface area contributed by atoms with E-state index < -0.39 is 0 Å². The molecule has 0 saturated heterocycles. The number of hydrogen-bond donors (Lipinski definition) is 0. The van der Waals surface area contributed by atoms with Gasteiger partial charge in [-0.25, -0.2) is 0 Å². The zero-order valence-electron chi connectivity index (χ0n) is 9.49. The van der Waals surface area contributed by atoms with E-state index in [4.69, 9.17) is 4.74 Å². The van der Waals surface area contributed by atoms with Crippen molar-refractivity contribution < 1.29 is 9.53 Å². The minimum absolute atomic E-state index is 0.171. The van der Waals surface area contributed by atoms with Gasteiger partial charge in [0.2, 0.25) is 0 Å². The average molecular weight is 214 g/mol. The van der Waals surface area contributed by atoms with Crippen LogP contribution in [0.25, 0.3) is 10.8 Å². The second-order valence-corrected chi connectivity index (χ2v) is 3.70. The van der Waals surface area contributed by atoms with E-state index in [0.717, 1.165) is 22.1 Å². The first-order valence-corrected chi connectivity index (χ1v) is 5.35. The van der Waals surface area contributed by atoms with E-state index in [1.54, 1.807) is 7.11 Å². The topological polar surface area (TPSA) is 26.3 Å². The number of ether oxygens (including phenoxy) is 1. The molecule has 0 spiro atoms. The van der Waals surface area contributed by atoms with Crippen LogP contribution in [0.2, 0.25) is 0 Å². The Morgan fingerprint density at radius 1 is 1.12 bits per heavy atom. The first-order valence-electron chi connectivity index (χ1n) is 5.35. The molecule has 0 saturated carbocycles. The van der Waals surface area contributed by atoms with Gasteiger partial charge in [0.15, 0.2) is 5.78 Å². The van der Waals surface area contributed by atoms with Crippen LogP contribution in [0.4, 0.5) is 0 Å². The second-order valence-electron chi connectivity index (χ2n) is 3.70. The number of fused-ring (bicyclic) bond motifs is 1. The van der Waals surface area contributed by atoms with Crippen molar-refractivity contribution in [2.75, 3.05) is 7.11 Å². The molecule has 0 atom stereocenters. The van der Waals surface area contributed by atoms with Gasteiger partial charge in [-0.1, -0.05) is 25.1 Å². The molecule has 0 aromatic heterocycles. The molecule has 16 heavy (non-hydrogen) atoms. The van der Waals surface area contributed by atoms with Crippen molar-refractivity contribution in [1.82, 2.24) is 0 Å². The fourth-order valence-electron chi connectivity index (χ4n) is 1.73. The van der Waals surface area contributed by atoms with Crippen LogP contribution < -0.4 is 4.74 Å². The van der Waals surface area contributed by atoms with Crippen molar-refractivity contribution in [2.24, 2.45) is 0 Å². The van der Waals surface area contributed by atoms with E-state index in [9.17, 15) is 4.79 Å². The molecule has 0 aliphatic heterocycles. The second kappa shape index (κ2) is 4.35. The number of Topliss-reactive ketones (excluding diaryl/α,β-unsaturated/α-hetero) is 1. The molecule has 2 nitrogen and oxygen atoms in total. The maximum Gasteiger partial charge on any atom is 0.162 e. The van der Waals surface area contributed by atoms with Gasteiger partial charge in [-0.05, 0) is 29.0 Å².